The zero-order chi connectivity index (χ0) is 23.0. The largest absolute Gasteiger partial charge is 0.444 e. The number of carbonyl (C=O) groups is 5. The van der Waals surface area contributed by atoms with Gasteiger partial charge in [-0.3, -0.25) is 44.3 Å². The van der Waals surface area contributed by atoms with Crippen LogP contribution in [0.5, 0.6) is 0 Å². The van der Waals surface area contributed by atoms with Crippen LogP contribution in [0.1, 0.15) is 60.5 Å². The zero-order valence-corrected chi connectivity index (χ0v) is 16.4. The van der Waals surface area contributed by atoms with Gasteiger partial charge in [-0.05, 0) is 19.9 Å². The fourth-order valence-corrected chi connectivity index (χ4v) is 3.37. The number of rotatable bonds is 7. The smallest absolute Gasteiger partial charge is 0.282 e. The highest BCUT2D eigenvalue weighted by molar-refractivity contribution is 6.23. The van der Waals surface area contributed by atoms with Crippen LogP contribution in [-0.2, 0) is 4.79 Å². The molecule has 1 aromatic carbocycles. The van der Waals surface area contributed by atoms with Crippen molar-refractivity contribution in [2.45, 2.75) is 20.3 Å². The molecule has 3 rings (SSSR count). The molecule has 0 saturated heterocycles. The molecule has 3 N–H and O–H groups in total. The van der Waals surface area contributed by atoms with Crippen LogP contribution in [0, 0.1) is 17.0 Å². The van der Waals surface area contributed by atoms with Gasteiger partial charge in [0.2, 0.25) is 11.8 Å². The van der Waals surface area contributed by atoms with Crippen molar-refractivity contribution in [1.82, 2.24) is 4.90 Å². The van der Waals surface area contributed by atoms with Gasteiger partial charge in [-0.25, -0.2) is 0 Å². The third-order valence-corrected chi connectivity index (χ3v) is 4.67. The molecule has 1 aliphatic heterocycles. The molecule has 0 radical (unpaired) electrons. The van der Waals surface area contributed by atoms with Crippen LogP contribution in [0.4, 0.5) is 11.6 Å². The van der Waals surface area contributed by atoms with E-state index in [0.29, 0.717) is 0 Å². The molecule has 31 heavy (non-hydrogen) atoms. The third-order valence-electron chi connectivity index (χ3n) is 4.67. The first kappa shape index (κ1) is 21.4. The van der Waals surface area contributed by atoms with Crippen LogP contribution in [0.25, 0.3) is 0 Å². The number of carbonyl (C=O) groups excluding carboxylic acids is 5. The maximum Gasteiger partial charge on any atom is 0.282 e. The highest BCUT2D eigenvalue weighted by atomic mass is 16.6. The first-order valence-corrected chi connectivity index (χ1v) is 8.92. The number of nitrogens with two attached hydrogens (primary N) is 1. The average molecular weight is 428 g/mol. The minimum Gasteiger partial charge on any atom is -0.444 e. The third kappa shape index (κ3) is 3.66. The van der Waals surface area contributed by atoms with E-state index in [2.05, 4.69) is 5.32 Å². The maximum absolute atomic E-state index is 12.5. The van der Waals surface area contributed by atoms with Crippen LogP contribution in [0.3, 0.4) is 0 Å². The number of primary amides is 1. The zero-order valence-electron chi connectivity index (χ0n) is 16.4. The van der Waals surface area contributed by atoms with E-state index in [1.807, 2.05) is 0 Å². The molecule has 160 valence electrons. The van der Waals surface area contributed by atoms with E-state index >= 15 is 0 Å². The van der Waals surface area contributed by atoms with Gasteiger partial charge in [0.25, 0.3) is 23.4 Å². The molecule has 4 amide bonds. The topological polar surface area (TPSA) is 183 Å². The van der Waals surface area contributed by atoms with Gasteiger partial charge in [0.05, 0.1) is 16.1 Å². The van der Waals surface area contributed by atoms with E-state index in [4.69, 9.17) is 10.2 Å². The summed E-state index contributed by atoms with van der Waals surface area (Å²) in [7, 11) is 0. The Morgan fingerprint density at radius 3 is 2.45 bits per heavy atom. The van der Waals surface area contributed by atoms with Crippen molar-refractivity contribution >= 4 is 41.0 Å². The van der Waals surface area contributed by atoms with Crippen molar-refractivity contribution in [3.8, 4) is 0 Å². The van der Waals surface area contributed by atoms with Crippen molar-refractivity contribution in [2.24, 2.45) is 5.73 Å². The summed E-state index contributed by atoms with van der Waals surface area (Å²) >= 11 is 0. The van der Waals surface area contributed by atoms with Crippen molar-refractivity contribution in [3.63, 3.8) is 0 Å². The number of furan rings is 1. The van der Waals surface area contributed by atoms with Crippen LogP contribution < -0.4 is 11.1 Å². The molecule has 0 atom stereocenters. The molecule has 12 heteroatoms. The Bertz CT molecular complexity index is 1180. The maximum atomic E-state index is 12.5. The van der Waals surface area contributed by atoms with E-state index in [0.717, 1.165) is 11.0 Å². The normalized spacial score (nSPS) is 12.6. The molecule has 0 spiro atoms. The van der Waals surface area contributed by atoms with E-state index in [1.165, 1.54) is 26.0 Å². The molecular weight excluding hydrogens is 412 g/mol. The summed E-state index contributed by atoms with van der Waals surface area (Å²) in [5.41, 5.74) is 3.99. The minimum absolute atomic E-state index is 0.0598. The summed E-state index contributed by atoms with van der Waals surface area (Å²) < 4.78 is 5.27. The number of ketones is 1. The van der Waals surface area contributed by atoms with Crippen molar-refractivity contribution < 1.29 is 33.3 Å². The lowest BCUT2D eigenvalue weighted by Crippen LogP contribution is -2.33. The lowest BCUT2D eigenvalue weighted by atomic mass is 10.1. The Balaban J connectivity index is 1.76. The van der Waals surface area contributed by atoms with Crippen LogP contribution in [0.15, 0.2) is 22.6 Å². The minimum atomic E-state index is -0.981. The number of fused-ring (bicyclic) bond motifs is 1. The lowest BCUT2D eigenvalue weighted by molar-refractivity contribution is -0.385. The van der Waals surface area contributed by atoms with E-state index in [9.17, 15) is 34.1 Å². The average Bonchev–Trinajstić information content (AvgIpc) is 3.14. The molecule has 0 saturated carbocycles. The number of Topliss-reactive ketones (excluding diaryl/α,β-unsaturated/α-hetero) is 1. The number of hydrogen-bond acceptors (Lipinski definition) is 8. The number of aryl methyl sites for hydroxylation is 1. The number of nitro groups is 1. The molecule has 1 aliphatic rings. The summed E-state index contributed by atoms with van der Waals surface area (Å²) in [5.74, 6) is -4.08. The molecule has 2 heterocycles. The van der Waals surface area contributed by atoms with Crippen LogP contribution in [0.2, 0.25) is 0 Å². The predicted octanol–water partition coefficient (Wildman–Crippen LogP) is 1.42. The Labute approximate surface area is 174 Å². The molecule has 0 fully saturated rings. The van der Waals surface area contributed by atoms with E-state index in [-0.39, 0.29) is 40.4 Å². The highest BCUT2D eigenvalue weighted by Crippen LogP contribution is 2.31. The Kier molecular flexibility index (Phi) is 5.39. The van der Waals surface area contributed by atoms with E-state index < -0.39 is 46.4 Å². The first-order chi connectivity index (χ1) is 14.5. The second-order valence-corrected chi connectivity index (χ2v) is 6.67. The molecule has 0 unspecified atom stereocenters. The van der Waals surface area contributed by atoms with Gasteiger partial charge < -0.3 is 10.2 Å². The van der Waals surface area contributed by atoms with Gasteiger partial charge in [-0.2, -0.15) is 0 Å². The molecule has 2 aromatic rings. The van der Waals surface area contributed by atoms with Gasteiger partial charge >= 0.3 is 0 Å². The summed E-state index contributed by atoms with van der Waals surface area (Å²) in [6.07, 6.45) is -0.396. The molecule has 12 nitrogen and oxygen atoms in total. The highest BCUT2D eigenvalue weighted by Gasteiger charge is 2.40. The quantitative estimate of drug-likeness (QED) is 0.287. The van der Waals surface area contributed by atoms with Crippen LogP contribution in [-0.4, -0.2) is 45.8 Å². The first-order valence-electron chi connectivity index (χ1n) is 8.92. The van der Waals surface area contributed by atoms with Gasteiger partial charge in [0.1, 0.15) is 16.9 Å². The van der Waals surface area contributed by atoms with Crippen molar-refractivity contribution in [3.05, 3.63) is 56.3 Å². The fourth-order valence-electron chi connectivity index (χ4n) is 3.37. The number of amides is 4. The molecular formula is C19H16N4O8. The number of nitrogens with zero attached hydrogens (tertiary/aromatic N) is 2. The monoisotopic (exact) mass is 428 g/mol. The lowest BCUT2D eigenvalue weighted by Gasteiger charge is -2.13. The molecule has 0 bridgehead atoms. The fraction of sp³-hybridized carbons (Fsp3) is 0.211. The van der Waals surface area contributed by atoms with Crippen molar-refractivity contribution in [2.75, 3.05) is 11.9 Å². The SMILES string of the molecule is CC(=O)c1c(C)oc(NC(=O)CCN2C(=O)c3cccc([N+](=O)[O-])c3C2=O)c1C(N)=O. The Morgan fingerprint density at radius 2 is 1.87 bits per heavy atom. The second-order valence-electron chi connectivity index (χ2n) is 6.67. The number of hydrogen-bond donors (Lipinski definition) is 2. The summed E-state index contributed by atoms with van der Waals surface area (Å²) in [4.78, 5) is 71.9. The number of imide groups is 1. The number of nitro benzene ring substituents is 1. The summed E-state index contributed by atoms with van der Waals surface area (Å²) in [6, 6.07) is 3.68. The predicted molar refractivity (Wildman–Crippen MR) is 104 cm³/mol. The molecule has 0 aliphatic carbocycles. The Hall–Kier alpha value is -4.35. The standard InChI is InChI=1S/C19H16N4O8/c1-8(24)13-9(2)31-17(15(13)16(20)26)21-12(25)6-7-22-18(27)10-4-3-5-11(23(29)30)14(10)19(22)28/h3-5H,6-7H2,1-2H3,(H2,20,26)(H,21,25). The Morgan fingerprint density at radius 1 is 1.19 bits per heavy atom. The second kappa shape index (κ2) is 7.82. The summed E-state index contributed by atoms with van der Waals surface area (Å²) in [5, 5.41) is 13.4. The molecule has 1 aromatic heterocycles. The van der Waals surface area contributed by atoms with E-state index in [1.54, 1.807) is 0 Å². The van der Waals surface area contributed by atoms with Crippen molar-refractivity contribution in [1.29, 1.82) is 0 Å². The number of anilines is 1. The number of nitrogens with one attached hydrogen (secondary N) is 1. The summed E-state index contributed by atoms with van der Waals surface area (Å²) in [6.45, 7) is 2.25. The van der Waals surface area contributed by atoms with Gasteiger partial charge in [-0.15, -0.1) is 0 Å². The number of benzene rings is 1. The van der Waals surface area contributed by atoms with Crippen LogP contribution >= 0.6 is 0 Å². The van der Waals surface area contributed by atoms with Gasteiger partial charge in [0.15, 0.2) is 5.78 Å². The van der Waals surface area contributed by atoms with Gasteiger partial charge in [0, 0.05) is 19.0 Å². The van der Waals surface area contributed by atoms with Gasteiger partial charge in [-0.1, -0.05) is 6.07 Å².